The van der Waals surface area contributed by atoms with Gasteiger partial charge in [-0.25, -0.2) is 9.59 Å². The van der Waals surface area contributed by atoms with Crippen LogP contribution in [-0.2, 0) is 13.0 Å². The Morgan fingerprint density at radius 2 is 1.70 bits per heavy atom. The first kappa shape index (κ1) is 30.6. The highest BCUT2D eigenvalue weighted by Gasteiger charge is 2.34. The van der Waals surface area contributed by atoms with E-state index in [2.05, 4.69) is 62.3 Å². The largest absolute Gasteiger partial charge is 0.373 e. The van der Waals surface area contributed by atoms with Gasteiger partial charge in [-0.1, -0.05) is 37.3 Å². The van der Waals surface area contributed by atoms with Crippen molar-refractivity contribution >= 4 is 28.7 Å². The average Bonchev–Trinajstić information content (AvgIpc) is 3.57. The Hall–Kier alpha value is -4.05. The quantitative estimate of drug-likeness (QED) is 0.324. The first-order valence-corrected chi connectivity index (χ1v) is 17.2. The predicted molar refractivity (Wildman–Crippen MR) is 182 cm³/mol. The molecule has 3 fully saturated rings. The smallest absolute Gasteiger partial charge is 0.322 e. The fourth-order valence-electron chi connectivity index (χ4n) is 8.08. The zero-order valence-electron chi connectivity index (χ0n) is 27.1. The highest BCUT2D eigenvalue weighted by molar-refractivity contribution is 5.92. The molecule has 0 aliphatic carbocycles. The van der Waals surface area contributed by atoms with Gasteiger partial charge in [0.15, 0.2) is 0 Å². The molecule has 4 amide bonds. The molecule has 1 aromatic heterocycles. The molecule has 244 valence electrons. The van der Waals surface area contributed by atoms with Crippen molar-refractivity contribution in [2.45, 2.75) is 83.0 Å². The van der Waals surface area contributed by atoms with E-state index in [1.54, 1.807) is 0 Å². The van der Waals surface area contributed by atoms with Crippen molar-refractivity contribution in [3.63, 3.8) is 0 Å². The summed E-state index contributed by atoms with van der Waals surface area (Å²) < 4.78 is 0. The SMILES string of the molecule is C=C([C@@H](Cc1cc(C)c2[nH]ncc2c1)NC(=O)N1CCC(N2Cc3ccccc3NC2=O)CC1)N1CCC(N2CCCCC2)CC1. The Morgan fingerprint density at radius 1 is 0.978 bits per heavy atom. The summed E-state index contributed by atoms with van der Waals surface area (Å²) in [5.41, 5.74) is 6.38. The number of anilines is 1. The molecular weight excluding hydrogens is 576 g/mol. The molecule has 0 radical (unpaired) electrons. The molecule has 0 bridgehead atoms. The number of piperidine rings is 3. The maximum absolute atomic E-state index is 13.8. The van der Waals surface area contributed by atoms with Gasteiger partial charge < -0.3 is 30.2 Å². The fraction of sp³-hybridized carbons (Fsp3) is 0.528. The molecule has 4 aliphatic heterocycles. The van der Waals surface area contributed by atoms with Gasteiger partial charge in [0, 0.05) is 61.6 Å². The van der Waals surface area contributed by atoms with E-state index in [1.165, 1.54) is 32.4 Å². The minimum Gasteiger partial charge on any atom is -0.373 e. The number of hydrogen-bond donors (Lipinski definition) is 3. The number of nitrogens with one attached hydrogen (secondary N) is 3. The molecule has 7 rings (SSSR count). The Kier molecular flexibility index (Phi) is 8.88. The fourth-order valence-corrected chi connectivity index (χ4v) is 8.08. The summed E-state index contributed by atoms with van der Waals surface area (Å²) >= 11 is 0. The van der Waals surface area contributed by atoms with E-state index in [1.807, 2.05) is 34.2 Å². The summed E-state index contributed by atoms with van der Waals surface area (Å²) in [7, 11) is 0. The Labute approximate surface area is 272 Å². The number of aromatic nitrogens is 2. The zero-order chi connectivity index (χ0) is 31.6. The van der Waals surface area contributed by atoms with Crippen molar-refractivity contribution in [3.05, 3.63) is 71.6 Å². The monoisotopic (exact) mass is 624 g/mol. The van der Waals surface area contributed by atoms with Crippen molar-refractivity contribution in [2.24, 2.45) is 0 Å². The first-order valence-electron chi connectivity index (χ1n) is 17.2. The number of aryl methyl sites for hydroxylation is 1. The lowest BCUT2D eigenvalue weighted by molar-refractivity contribution is 0.101. The van der Waals surface area contributed by atoms with E-state index in [0.29, 0.717) is 32.1 Å². The Bertz CT molecular complexity index is 1560. The van der Waals surface area contributed by atoms with Crippen LogP contribution in [0.25, 0.3) is 10.9 Å². The maximum atomic E-state index is 13.8. The average molecular weight is 625 g/mol. The van der Waals surface area contributed by atoms with E-state index in [9.17, 15) is 9.59 Å². The van der Waals surface area contributed by atoms with Crippen LogP contribution in [0.3, 0.4) is 0 Å². The van der Waals surface area contributed by atoms with Gasteiger partial charge in [0.1, 0.15) is 0 Å². The van der Waals surface area contributed by atoms with E-state index >= 15 is 0 Å². The summed E-state index contributed by atoms with van der Waals surface area (Å²) in [6, 6.07) is 12.8. The van der Waals surface area contributed by atoms with Gasteiger partial charge in [-0.05, 0) is 93.8 Å². The number of carbonyl (C=O) groups excluding carboxylic acids is 2. The summed E-state index contributed by atoms with van der Waals surface area (Å²) in [6.45, 7) is 12.9. The predicted octanol–water partition coefficient (Wildman–Crippen LogP) is 5.47. The number of carbonyl (C=O) groups is 2. The first-order chi connectivity index (χ1) is 22.4. The molecular formula is C36H48N8O2. The molecule has 1 atom stereocenters. The summed E-state index contributed by atoms with van der Waals surface area (Å²) in [6.07, 6.45) is 10.3. The van der Waals surface area contributed by atoms with E-state index in [-0.39, 0.29) is 24.1 Å². The normalized spacial score (nSPS) is 20.8. The van der Waals surface area contributed by atoms with Gasteiger partial charge in [0.25, 0.3) is 0 Å². The number of rotatable bonds is 7. The van der Waals surface area contributed by atoms with Crippen molar-refractivity contribution in [2.75, 3.05) is 44.6 Å². The standard InChI is InChI=1S/C36H48N8O2/c1-25-20-27(21-29-23-37-40-34(25)29)22-33(26(2)41-16-10-30(11-17-41)42-14-6-3-7-15-42)39-35(45)43-18-12-31(13-19-43)44-24-28-8-4-5-9-32(28)38-36(44)46/h4-5,8-9,20-21,23,30-31,33H,2-3,6-7,10-19,22,24H2,1H3,(H,37,40)(H,38,46)(H,39,45)/t33-/m1/s1. The second-order valence-corrected chi connectivity index (χ2v) is 13.7. The molecule has 4 aliphatic rings. The number of fused-ring (bicyclic) bond motifs is 2. The van der Waals surface area contributed by atoms with Gasteiger partial charge in [-0.3, -0.25) is 5.10 Å². The maximum Gasteiger partial charge on any atom is 0.322 e. The zero-order valence-corrected chi connectivity index (χ0v) is 27.1. The molecule has 0 saturated carbocycles. The Balaban J connectivity index is 1.01. The van der Waals surface area contributed by atoms with Gasteiger partial charge in [-0.15, -0.1) is 0 Å². The van der Waals surface area contributed by atoms with Crippen LogP contribution >= 0.6 is 0 Å². The van der Waals surface area contributed by atoms with Gasteiger partial charge >= 0.3 is 12.1 Å². The number of nitrogens with zero attached hydrogens (tertiary/aromatic N) is 5. The van der Waals surface area contributed by atoms with E-state index < -0.39 is 0 Å². The van der Waals surface area contributed by atoms with Crippen molar-refractivity contribution in [1.82, 2.24) is 35.1 Å². The van der Waals surface area contributed by atoms with E-state index in [4.69, 9.17) is 0 Å². The van der Waals surface area contributed by atoms with Crippen LogP contribution in [0, 0.1) is 6.92 Å². The highest BCUT2D eigenvalue weighted by Crippen LogP contribution is 2.29. The van der Waals surface area contributed by atoms with Gasteiger partial charge in [0.2, 0.25) is 0 Å². The van der Waals surface area contributed by atoms with Crippen LogP contribution in [0.15, 0.2) is 54.9 Å². The molecule has 0 unspecified atom stereocenters. The number of para-hydroxylation sites is 1. The van der Waals surface area contributed by atoms with Crippen molar-refractivity contribution < 1.29 is 9.59 Å². The molecule has 0 spiro atoms. The highest BCUT2D eigenvalue weighted by atomic mass is 16.2. The van der Waals surface area contributed by atoms with Crippen LogP contribution in [-0.4, -0.2) is 99.3 Å². The molecule has 10 nitrogen and oxygen atoms in total. The summed E-state index contributed by atoms with van der Waals surface area (Å²) in [5, 5.41) is 14.9. The molecule has 3 aromatic rings. The summed E-state index contributed by atoms with van der Waals surface area (Å²) in [5.74, 6) is 0. The summed E-state index contributed by atoms with van der Waals surface area (Å²) in [4.78, 5) is 35.7. The van der Waals surface area contributed by atoms with Crippen molar-refractivity contribution in [1.29, 1.82) is 0 Å². The molecule has 5 heterocycles. The minimum absolute atomic E-state index is 0.0492. The van der Waals surface area contributed by atoms with Crippen LogP contribution < -0.4 is 10.6 Å². The van der Waals surface area contributed by atoms with E-state index in [0.717, 1.165) is 77.8 Å². The molecule has 3 N–H and O–H groups in total. The molecule has 3 saturated heterocycles. The number of hydrogen-bond acceptors (Lipinski definition) is 5. The Morgan fingerprint density at radius 3 is 2.48 bits per heavy atom. The second-order valence-electron chi connectivity index (χ2n) is 13.7. The lowest BCUT2D eigenvalue weighted by Gasteiger charge is -2.43. The van der Waals surface area contributed by atoms with Gasteiger partial charge in [0.05, 0.1) is 17.8 Å². The topological polar surface area (TPSA) is 99.8 Å². The number of amides is 4. The lowest BCUT2D eigenvalue weighted by atomic mass is 9.96. The minimum atomic E-state index is -0.218. The van der Waals surface area contributed by atoms with Crippen molar-refractivity contribution in [3.8, 4) is 0 Å². The van der Waals surface area contributed by atoms with Crippen LogP contribution in [0.5, 0.6) is 0 Å². The van der Waals surface area contributed by atoms with Crippen LogP contribution in [0.4, 0.5) is 15.3 Å². The third kappa shape index (κ3) is 6.45. The second kappa shape index (κ2) is 13.4. The number of urea groups is 2. The van der Waals surface area contributed by atoms with Gasteiger partial charge in [-0.2, -0.15) is 5.10 Å². The number of aromatic amines is 1. The molecule has 2 aromatic carbocycles. The third-order valence-corrected chi connectivity index (χ3v) is 10.8. The third-order valence-electron chi connectivity index (χ3n) is 10.8. The molecule has 10 heteroatoms. The number of H-pyrrole nitrogens is 1. The van der Waals surface area contributed by atoms with Crippen LogP contribution in [0.2, 0.25) is 0 Å². The lowest BCUT2D eigenvalue weighted by Crippen LogP contribution is -2.55. The number of benzene rings is 2. The number of likely N-dealkylation sites (tertiary alicyclic amines) is 3. The van der Waals surface area contributed by atoms with Crippen LogP contribution in [0.1, 0.15) is 61.6 Å². The molecule has 46 heavy (non-hydrogen) atoms.